The van der Waals surface area contributed by atoms with Gasteiger partial charge in [-0.05, 0) is 376 Å². The number of hydrogen-bond donors (Lipinski definition) is 5. The summed E-state index contributed by atoms with van der Waals surface area (Å²) < 4.78 is 49.6. The molecule has 0 aromatic heterocycles. The fourth-order valence-corrected chi connectivity index (χ4v) is 21.3. The van der Waals surface area contributed by atoms with E-state index in [1.54, 1.807) is 24.7 Å². The summed E-state index contributed by atoms with van der Waals surface area (Å²) in [5.74, 6) is 7.24. The number of likely N-dealkylation sites (tertiary alicyclic amines) is 5. The average molecular weight is 1770 g/mol. The largest absolute Gasteiger partial charge is 0.379 e. The summed E-state index contributed by atoms with van der Waals surface area (Å²) in [6.07, 6.45) is 21.1. The number of likely N-dealkylation sites (N-methyl/N-ethyl adjacent to an activating group) is 2. The van der Waals surface area contributed by atoms with Crippen LogP contribution in [0.2, 0.25) is 0 Å². The highest BCUT2D eigenvalue weighted by atomic mass is 32.2. The Morgan fingerprint density at radius 3 is 1.66 bits per heavy atom. The van der Waals surface area contributed by atoms with Gasteiger partial charge in [0.2, 0.25) is 11.8 Å². The van der Waals surface area contributed by atoms with Crippen LogP contribution in [0.25, 0.3) is 0 Å². The number of amides is 2. The van der Waals surface area contributed by atoms with Crippen LogP contribution in [-0.2, 0) is 28.5 Å². The number of carbonyl (C=O) groups excluding carboxylic acids is 2. The molecule has 0 spiro atoms. The Bertz CT molecular complexity index is 3070. The minimum atomic E-state index is -1.29. The molecule has 5 aliphatic carbocycles. The Kier molecular flexibility index (Phi) is 45.2. The van der Waals surface area contributed by atoms with E-state index >= 15 is 0 Å². The van der Waals surface area contributed by atoms with Gasteiger partial charge in [0, 0.05) is 166 Å². The Balaban J connectivity index is 0.000000225. The molecule has 124 heavy (non-hydrogen) atoms. The second kappa shape index (κ2) is 50.7. The summed E-state index contributed by atoms with van der Waals surface area (Å²) >= 11 is 1.95. The van der Waals surface area contributed by atoms with E-state index in [0.29, 0.717) is 79.9 Å². The van der Waals surface area contributed by atoms with Gasteiger partial charge in [-0.25, -0.2) is 8.78 Å². The molecule has 12 aliphatic rings. The number of carbonyl (C=O) groups is 2. The van der Waals surface area contributed by atoms with E-state index in [-0.39, 0.29) is 57.5 Å². The molecule has 7 saturated heterocycles. The summed E-state index contributed by atoms with van der Waals surface area (Å²) in [7, 11) is 5.79. The Labute approximate surface area is 764 Å². The smallest absolute Gasteiger partial charge is 0.239 e. The Morgan fingerprint density at radius 2 is 1.15 bits per heavy atom. The van der Waals surface area contributed by atoms with Gasteiger partial charge in [0.1, 0.15) is 11.8 Å². The molecule has 7 heterocycles. The monoisotopic (exact) mass is 1770 g/mol. The quantitative estimate of drug-likeness (QED) is 0.0659. The second-order valence-electron chi connectivity index (χ2n) is 48.3. The highest BCUT2D eigenvalue weighted by Gasteiger charge is 2.54. The maximum Gasteiger partial charge on any atom is 0.239 e. The molecule has 8 atom stereocenters. The summed E-state index contributed by atoms with van der Waals surface area (Å²) in [5, 5.41) is 18.5. The van der Waals surface area contributed by atoms with Crippen molar-refractivity contribution in [2.24, 2.45) is 40.9 Å². The van der Waals surface area contributed by atoms with Crippen LogP contribution in [0.1, 0.15) is 296 Å². The van der Waals surface area contributed by atoms with Crippen molar-refractivity contribution in [3.63, 3.8) is 0 Å². The Morgan fingerprint density at radius 1 is 0.597 bits per heavy atom. The van der Waals surface area contributed by atoms with Crippen LogP contribution in [0.5, 0.6) is 0 Å². The molecular formula is C102H195F2N13O6S. The standard InChI is InChI=1S/C18H30N2OS.C16H30N2O2.C16H29N.C14H27FN2O2.C14H28N2O.C13H28N2.C11H23FN2/c1-18(2,3)19-16(9-10-20-11-13-21-14-12-20)15-22-17-7-5-4-6-8-17;1-16(2,3)20-12-13-7-10-18(11-8-13)15(19)14-6-5-9-17(14)4;1-11-13-5-12-6-14(11)9-16(7-12,8-13)10-17-15(2,3)4;1-13(2,3)19-11-14(15)6-8-17(9-7-14)12(18)10-16(4)5;1-14(2,3)15-11-12-4-5-13(10-12)16-6-8-17-9-7-16;1-12(2,3)14-11-7-9-15(10-8-11)13(4,5)6;1-9(12)7-14-6-5-10(8-14)13-11(2,3)4/h4-8,16,19H,9-15H2,1-3H3;13-14H,5-12H2,1-4H3;11-14,17H,5-10H2,1-4H3;6-11H2,1-5H3;12-13,15H,4-11H2,1-3H3;11,14H,7-10H2,1-6H3;9-10,13H,5-8H2,1-4H3/t16-;14-;;;12-,13+;;/m11..0../s1. The van der Waals surface area contributed by atoms with Crippen LogP contribution in [0.4, 0.5) is 8.78 Å². The molecule has 4 bridgehead atoms. The van der Waals surface area contributed by atoms with E-state index in [1.165, 1.54) is 88.9 Å². The number of thioether (sulfide) groups is 1. The van der Waals surface area contributed by atoms with Crippen molar-refractivity contribution in [1.29, 1.82) is 0 Å². The number of nitrogens with one attached hydrogen (secondary N) is 5. The molecule has 4 unspecified atom stereocenters. The zero-order valence-electron chi connectivity index (χ0n) is 85.4. The lowest BCUT2D eigenvalue weighted by Gasteiger charge is -2.60. The van der Waals surface area contributed by atoms with Crippen LogP contribution < -0.4 is 26.6 Å². The number of nitrogens with zero attached hydrogens (tertiary/aromatic N) is 8. The van der Waals surface area contributed by atoms with Gasteiger partial charge < -0.3 is 60.2 Å². The van der Waals surface area contributed by atoms with E-state index in [0.717, 1.165) is 172 Å². The fraction of sp³-hybridized carbons (Fsp3) is 0.922. The number of ether oxygens (including phenoxy) is 4. The van der Waals surface area contributed by atoms with Crippen LogP contribution in [0.15, 0.2) is 35.2 Å². The third-order valence-corrected chi connectivity index (χ3v) is 28.0. The fourth-order valence-electron chi connectivity index (χ4n) is 20.3. The number of benzene rings is 1. The molecule has 13 rings (SSSR count). The summed E-state index contributed by atoms with van der Waals surface area (Å²) in [6, 6.07) is 13.4. The molecule has 5 saturated carbocycles. The first-order valence-corrected chi connectivity index (χ1v) is 50.6. The molecule has 2 amide bonds. The number of piperidine rings is 3. The molecule has 724 valence electrons. The van der Waals surface area contributed by atoms with Crippen molar-refractivity contribution in [2.45, 2.75) is 387 Å². The highest BCUT2D eigenvalue weighted by molar-refractivity contribution is 7.99. The number of morpholine rings is 2. The van der Waals surface area contributed by atoms with Crippen molar-refractivity contribution >= 4 is 23.6 Å². The SMILES string of the molecule is CC(C)(C)NC1CCN(C(C)(C)C)CC1.CC(C)(C)NC[C@H]1CC[C@@H](N2CCOCC2)C1.CC(C)(C)N[C@H](CCN1CCOCC1)CSc1ccccc1.CC(F)CN1CCC(NC(C)(C)C)C1.CC1C2CC3CC1CC(CNC(C)(C)C)(C3)C2.CN(C)CC(=O)N1CCC(F)(COC(C)(C)C)CC1.CN1CCC[C@@H]1C(=O)N1CCC(COC(C)(C)C)CC1. The van der Waals surface area contributed by atoms with Crippen molar-refractivity contribution < 1.29 is 37.3 Å². The maximum absolute atomic E-state index is 14.5. The highest BCUT2D eigenvalue weighted by Crippen LogP contribution is 2.62. The number of hydrogen-bond acceptors (Lipinski definition) is 18. The molecule has 1 aromatic rings. The van der Waals surface area contributed by atoms with Gasteiger partial charge in [0.15, 0.2) is 0 Å². The topological polar surface area (TPSA) is 157 Å². The zero-order valence-corrected chi connectivity index (χ0v) is 86.2. The molecule has 0 radical (unpaired) electrons. The number of halogens is 2. The zero-order chi connectivity index (χ0) is 92.3. The van der Waals surface area contributed by atoms with Crippen LogP contribution >= 0.6 is 11.8 Å². The first kappa shape index (κ1) is 111. The number of rotatable bonds is 23. The lowest BCUT2D eigenvalue weighted by atomic mass is 9.46. The van der Waals surface area contributed by atoms with Crippen molar-refractivity contribution in [1.82, 2.24) is 65.8 Å². The van der Waals surface area contributed by atoms with Gasteiger partial charge in [-0.2, -0.15) is 0 Å². The third-order valence-electron chi connectivity index (χ3n) is 26.8. The van der Waals surface area contributed by atoms with Crippen molar-refractivity contribution in [3.05, 3.63) is 30.3 Å². The molecule has 1 aromatic carbocycles. The average Bonchev–Trinajstić information content (AvgIpc) is 0.869. The van der Waals surface area contributed by atoms with Gasteiger partial charge in [0.05, 0.1) is 63.4 Å². The van der Waals surface area contributed by atoms with E-state index in [2.05, 4.69) is 246 Å². The van der Waals surface area contributed by atoms with Gasteiger partial charge in [-0.3, -0.25) is 34.1 Å². The summed E-state index contributed by atoms with van der Waals surface area (Å²) in [6.45, 7) is 78.8. The molecule has 19 nitrogen and oxygen atoms in total. The van der Waals surface area contributed by atoms with E-state index in [9.17, 15) is 18.4 Å². The lowest BCUT2D eigenvalue weighted by Crippen LogP contribution is -2.55. The van der Waals surface area contributed by atoms with Crippen molar-refractivity contribution in [2.75, 3.05) is 184 Å². The second-order valence-corrected chi connectivity index (χ2v) is 49.3. The Hall–Kier alpha value is -2.23. The maximum atomic E-state index is 14.5. The van der Waals surface area contributed by atoms with Gasteiger partial charge in [-0.1, -0.05) is 25.1 Å². The first-order valence-electron chi connectivity index (χ1n) is 49.6. The molecule has 22 heteroatoms. The minimum Gasteiger partial charge on any atom is -0.379 e. The minimum absolute atomic E-state index is 0.0560. The van der Waals surface area contributed by atoms with Gasteiger partial charge >= 0.3 is 0 Å². The predicted octanol–water partition coefficient (Wildman–Crippen LogP) is 17.2. The van der Waals surface area contributed by atoms with Gasteiger partial charge in [-0.15, -0.1) is 11.8 Å². The molecular weight excluding hydrogens is 1570 g/mol. The predicted molar refractivity (Wildman–Crippen MR) is 520 cm³/mol. The summed E-state index contributed by atoms with van der Waals surface area (Å²) in [5.41, 5.74) is 0.483. The van der Waals surface area contributed by atoms with E-state index in [1.807, 2.05) is 51.5 Å². The molecule has 7 aliphatic heterocycles. The number of alkyl halides is 2. The van der Waals surface area contributed by atoms with Crippen LogP contribution in [0.3, 0.4) is 0 Å². The van der Waals surface area contributed by atoms with E-state index < -0.39 is 11.8 Å². The summed E-state index contributed by atoms with van der Waals surface area (Å²) in [4.78, 5) is 43.5. The normalized spacial score (nSPS) is 27.3. The van der Waals surface area contributed by atoms with E-state index in [4.69, 9.17) is 18.9 Å². The van der Waals surface area contributed by atoms with Gasteiger partial charge in [0.25, 0.3) is 0 Å². The van der Waals surface area contributed by atoms with Crippen LogP contribution in [0, 0.1) is 40.9 Å². The lowest BCUT2D eigenvalue weighted by molar-refractivity contribution is -0.138. The first-order chi connectivity index (χ1) is 57.5. The third kappa shape index (κ3) is 45.0. The van der Waals surface area contributed by atoms with Crippen molar-refractivity contribution in [3.8, 4) is 0 Å². The molecule has 12 fully saturated rings. The molecule has 5 N–H and O–H groups in total. The van der Waals surface area contributed by atoms with Crippen LogP contribution in [-0.4, -0.2) is 322 Å².